The summed E-state index contributed by atoms with van der Waals surface area (Å²) in [4.78, 5) is 25.1. The Bertz CT molecular complexity index is 502. The molecule has 0 aromatic heterocycles. The topological polar surface area (TPSA) is 87.5 Å². The Morgan fingerprint density at radius 2 is 2.00 bits per heavy atom. The van der Waals surface area contributed by atoms with Gasteiger partial charge in [0.1, 0.15) is 0 Å². The number of benzene rings is 1. The lowest BCUT2D eigenvalue weighted by Crippen LogP contribution is -2.36. The van der Waals surface area contributed by atoms with Crippen molar-refractivity contribution in [3.05, 3.63) is 23.8 Å². The SMILES string of the molecule is CCNC(=O)CN(C)CCC(=O)Nc1cc(N)ccc1C. The van der Waals surface area contributed by atoms with Gasteiger partial charge in [0, 0.05) is 30.9 Å². The Kier molecular flexibility index (Phi) is 6.68. The van der Waals surface area contributed by atoms with E-state index in [-0.39, 0.29) is 11.8 Å². The third kappa shape index (κ3) is 6.27. The van der Waals surface area contributed by atoms with Crippen molar-refractivity contribution in [1.82, 2.24) is 10.2 Å². The maximum absolute atomic E-state index is 11.9. The standard InChI is InChI=1S/C15H24N4O2/c1-4-17-15(21)10-19(3)8-7-14(20)18-13-9-12(16)6-5-11(13)2/h5-6,9H,4,7-8,10,16H2,1-3H3,(H,17,21)(H,18,20). The minimum Gasteiger partial charge on any atom is -0.399 e. The quantitative estimate of drug-likeness (QED) is 0.654. The summed E-state index contributed by atoms with van der Waals surface area (Å²) in [6.45, 7) is 5.21. The molecule has 0 radical (unpaired) electrons. The van der Waals surface area contributed by atoms with Crippen LogP contribution in [0.3, 0.4) is 0 Å². The van der Waals surface area contributed by atoms with Crippen molar-refractivity contribution in [3.8, 4) is 0 Å². The lowest BCUT2D eigenvalue weighted by Gasteiger charge is -2.16. The first-order chi connectivity index (χ1) is 9.92. The Hall–Kier alpha value is -2.08. The Balaban J connectivity index is 2.40. The highest BCUT2D eigenvalue weighted by Crippen LogP contribution is 2.18. The molecular formula is C15H24N4O2. The third-order valence-corrected chi connectivity index (χ3v) is 3.04. The number of rotatable bonds is 7. The molecule has 0 aliphatic heterocycles. The first kappa shape index (κ1) is 17.0. The molecule has 0 bridgehead atoms. The van der Waals surface area contributed by atoms with E-state index in [1.807, 2.05) is 31.9 Å². The number of carbonyl (C=O) groups is 2. The van der Waals surface area contributed by atoms with Gasteiger partial charge in [-0.15, -0.1) is 0 Å². The van der Waals surface area contributed by atoms with Crippen molar-refractivity contribution < 1.29 is 9.59 Å². The molecule has 0 aliphatic rings. The molecule has 1 aromatic rings. The number of hydrogen-bond donors (Lipinski definition) is 3. The predicted octanol–water partition coefficient (Wildman–Crippen LogP) is 0.974. The number of nitrogens with two attached hydrogens (primary N) is 1. The number of aryl methyl sites for hydroxylation is 1. The molecular weight excluding hydrogens is 268 g/mol. The summed E-state index contributed by atoms with van der Waals surface area (Å²) in [5.74, 6) is -0.126. The summed E-state index contributed by atoms with van der Waals surface area (Å²) in [7, 11) is 1.81. The molecule has 21 heavy (non-hydrogen) atoms. The van der Waals surface area contributed by atoms with Gasteiger partial charge in [0.2, 0.25) is 11.8 Å². The molecule has 0 unspecified atom stereocenters. The molecule has 2 amide bonds. The van der Waals surface area contributed by atoms with Gasteiger partial charge in [-0.05, 0) is 38.6 Å². The summed E-state index contributed by atoms with van der Waals surface area (Å²) >= 11 is 0. The highest BCUT2D eigenvalue weighted by Gasteiger charge is 2.09. The van der Waals surface area contributed by atoms with Crippen molar-refractivity contribution in [3.63, 3.8) is 0 Å². The second-order valence-corrected chi connectivity index (χ2v) is 5.06. The fourth-order valence-electron chi connectivity index (χ4n) is 1.86. The van der Waals surface area contributed by atoms with Crippen LogP contribution in [0.15, 0.2) is 18.2 Å². The van der Waals surface area contributed by atoms with E-state index < -0.39 is 0 Å². The van der Waals surface area contributed by atoms with E-state index >= 15 is 0 Å². The third-order valence-electron chi connectivity index (χ3n) is 3.04. The van der Waals surface area contributed by atoms with Crippen LogP contribution < -0.4 is 16.4 Å². The van der Waals surface area contributed by atoms with Gasteiger partial charge in [-0.25, -0.2) is 0 Å². The van der Waals surface area contributed by atoms with Crippen LogP contribution >= 0.6 is 0 Å². The zero-order chi connectivity index (χ0) is 15.8. The lowest BCUT2D eigenvalue weighted by atomic mass is 10.2. The van der Waals surface area contributed by atoms with E-state index in [0.717, 1.165) is 11.3 Å². The van der Waals surface area contributed by atoms with Gasteiger partial charge in [0.25, 0.3) is 0 Å². The maximum Gasteiger partial charge on any atom is 0.234 e. The maximum atomic E-state index is 11.9. The average molecular weight is 292 g/mol. The summed E-state index contributed by atoms with van der Waals surface area (Å²) in [5, 5.41) is 5.56. The predicted molar refractivity (Wildman–Crippen MR) is 85.0 cm³/mol. The molecule has 0 heterocycles. The number of nitrogens with zero attached hydrogens (tertiary/aromatic N) is 1. The van der Waals surface area contributed by atoms with Crippen LogP contribution in [-0.4, -0.2) is 43.4 Å². The fourth-order valence-corrected chi connectivity index (χ4v) is 1.86. The smallest absolute Gasteiger partial charge is 0.234 e. The molecule has 6 heteroatoms. The summed E-state index contributed by atoms with van der Waals surface area (Å²) in [6, 6.07) is 5.41. The average Bonchev–Trinajstić information content (AvgIpc) is 2.41. The molecule has 0 aliphatic carbocycles. The molecule has 1 rings (SSSR count). The van der Waals surface area contributed by atoms with Gasteiger partial charge >= 0.3 is 0 Å². The Morgan fingerprint density at radius 1 is 1.29 bits per heavy atom. The van der Waals surface area contributed by atoms with Crippen LogP contribution in [0.2, 0.25) is 0 Å². The van der Waals surface area contributed by atoms with E-state index in [1.54, 1.807) is 12.1 Å². The molecule has 6 nitrogen and oxygen atoms in total. The van der Waals surface area contributed by atoms with E-state index in [4.69, 9.17) is 5.73 Å². The Morgan fingerprint density at radius 3 is 2.67 bits per heavy atom. The van der Waals surface area contributed by atoms with Gasteiger partial charge in [-0.2, -0.15) is 0 Å². The largest absolute Gasteiger partial charge is 0.399 e. The zero-order valence-electron chi connectivity index (χ0n) is 12.9. The zero-order valence-corrected chi connectivity index (χ0v) is 12.9. The monoisotopic (exact) mass is 292 g/mol. The molecule has 0 atom stereocenters. The van der Waals surface area contributed by atoms with E-state index in [2.05, 4.69) is 10.6 Å². The van der Waals surface area contributed by atoms with Crippen molar-refractivity contribution in [2.24, 2.45) is 0 Å². The molecule has 116 valence electrons. The van der Waals surface area contributed by atoms with Gasteiger partial charge in [-0.3, -0.25) is 14.5 Å². The molecule has 0 saturated heterocycles. The minimum absolute atomic E-state index is 0.0351. The summed E-state index contributed by atoms with van der Waals surface area (Å²) < 4.78 is 0. The highest BCUT2D eigenvalue weighted by molar-refractivity contribution is 5.92. The van der Waals surface area contributed by atoms with E-state index in [0.29, 0.717) is 31.7 Å². The number of likely N-dealkylation sites (N-methyl/N-ethyl adjacent to an activating group) is 2. The van der Waals surface area contributed by atoms with Gasteiger partial charge in [-0.1, -0.05) is 6.07 Å². The van der Waals surface area contributed by atoms with Crippen LogP contribution in [-0.2, 0) is 9.59 Å². The van der Waals surface area contributed by atoms with Crippen molar-refractivity contribution in [1.29, 1.82) is 0 Å². The van der Waals surface area contributed by atoms with Crippen molar-refractivity contribution in [2.75, 3.05) is 37.7 Å². The molecule has 4 N–H and O–H groups in total. The summed E-state index contributed by atoms with van der Waals surface area (Å²) in [6.07, 6.45) is 0.324. The van der Waals surface area contributed by atoms with Gasteiger partial charge < -0.3 is 16.4 Å². The molecule has 0 spiro atoms. The van der Waals surface area contributed by atoms with Gasteiger partial charge in [0.15, 0.2) is 0 Å². The van der Waals surface area contributed by atoms with Crippen LogP contribution in [0.5, 0.6) is 0 Å². The van der Waals surface area contributed by atoms with Crippen LogP contribution in [0.1, 0.15) is 18.9 Å². The van der Waals surface area contributed by atoms with Crippen LogP contribution in [0.4, 0.5) is 11.4 Å². The van der Waals surface area contributed by atoms with Crippen LogP contribution in [0, 0.1) is 6.92 Å². The van der Waals surface area contributed by atoms with E-state index in [9.17, 15) is 9.59 Å². The van der Waals surface area contributed by atoms with Crippen molar-refractivity contribution in [2.45, 2.75) is 20.3 Å². The highest BCUT2D eigenvalue weighted by atomic mass is 16.2. The fraction of sp³-hybridized carbons (Fsp3) is 0.467. The van der Waals surface area contributed by atoms with Crippen molar-refractivity contribution >= 4 is 23.2 Å². The molecule has 1 aromatic carbocycles. The first-order valence-electron chi connectivity index (χ1n) is 7.03. The second kappa shape index (κ2) is 8.26. The number of hydrogen-bond acceptors (Lipinski definition) is 4. The first-order valence-corrected chi connectivity index (χ1v) is 7.03. The number of amides is 2. The van der Waals surface area contributed by atoms with Crippen LogP contribution in [0.25, 0.3) is 0 Å². The Labute approximate surface area is 125 Å². The number of nitrogen functional groups attached to an aromatic ring is 1. The number of carbonyl (C=O) groups excluding carboxylic acids is 2. The number of anilines is 2. The number of nitrogens with one attached hydrogen (secondary N) is 2. The molecule has 0 fully saturated rings. The molecule has 0 saturated carbocycles. The van der Waals surface area contributed by atoms with E-state index in [1.165, 1.54) is 0 Å². The summed E-state index contributed by atoms with van der Waals surface area (Å²) in [5.41, 5.74) is 8.01. The normalized spacial score (nSPS) is 10.5. The minimum atomic E-state index is -0.0913. The van der Waals surface area contributed by atoms with Gasteiger partial charge in [0.05, 0.1) is 6.54 Å². The second-order valence-electron chi connectivity index (χ2n) is 5.06. The lowest BCUT2D eigenvalue weighted by molar-refractivity contribution is -0.122.